The van der Waals surface area contributed by atoms with Crippen LogP contribution in [-0.4, -0.2) is 22.9 Å². The lowest BCUT2D eigenvalue weighted by atomic mass is 10.1. The zero-order chi connectivity index (χ0) is 12.3. The van der Waals surface area contributed by atoms with E-state index in [4.69, 9.17) is 5.73 Å². The van der Waals surface area contributed by atoms with Gasteiger partial charge >= 0.3 is 0 Å². The molecule has 2 heterocycles. The number of aromatic nitrogens is 2. The number of hydrogen-bond donors (Lipinski definition) is 2. The lowest BCUT2D eigenvalue weighted by Crippen LogP contribution is -2.14. The first-order valence-corrected chi connectivity index (χ1v) is 5.10. The maximum Gasteiger partial charge on any atom is 0.252 e. The molecule has 0 aromatic carbocycles. The third kappa shape index (κ3) is 2.23. The van der Waals surface area contributed by atoms with Gasteiger partial charge in [-0.15, -0.1) is 0 Å². The van der Waals surface area contributed by atoms with Gasteiger partial charge in [-0.1, -0.05) is 0 Å². The van der Waals surface area contributed by atoms with E-state index in [1.54, 1.807) is 31.7 Å². The van der Waals surface area contributed by atoms with Crippen LogP contribution in [0.25, 0.3) is 11.1 Å². The highest BCUT2D eigenvalue weighted by Gasteiger charge is 2.10. The molecule has 0 aliphatic rings. The van der Waals surface area contributed by atoms with Crippen molar-refractivity contribution in [1.82, 2.24) is 9.97 Å². The van der Waals surface area contributed by atoms with Crippen LogP contribution < -0.4 is 11.1 Å². The molecular weight excluding hydrogens is 216 g/mol. The Labute approximate surface area is 98.7 Å². The molecule has 5 nitrogen and oxygen atoms in total. The Bertz CT molecular complexity index is 539. The number of nitrogens with one attached hydrogen (secondary N) is 1. The van der Waals surface area contributed by atoms with E-state index >= 15 is 0 Å². The Hall–Kier alpha value is -2.43. The Balaban J connectivity index is 2.51. The SMILES string of the molecule is CNc1ncc(-c2ccncc2)cc1C(N)=O. The van der Waals surface area contributed by atoms with E-state index in [9.17, 15) is 4.79 Å². The molecule has 2 aromatic rings. The highest BCUT2D eigenvalue weighted by Crippen LogP contribution is 2.21. The van der Waals surface area contributed by atoms with Crippen molar-refractivity contribution in [3.63, 3.8) is 0 Å². The van der Waals surface area contributed by atoms with Crippen LogP contribution in [0.3, 0.4) is 0 Å². The number of nitrogens with zero attached hydrogens (tertiary/aromatic N) is 2. The topological polar surface area (TPSA) is 80.9 Å². The van der Waals surface area contributed by atoms with E-state index in [-0.39, 0.29) is 0 Å². The van der Waals surface area contributed by atoms with Crippen LogP contribution in [0, 0.1) is 0 Å². The average molecular weight is 228 g/mol. The number of rotatable bonds is 3. The minimum absolute atomic E-state index is 0.377. The summed E-state index contributed by atoms with van der Waals surface area (Å²) in [5.41, 5.74) is 7.46. The molecule has 0 spiro atoms. The quantitative estimate of drug-likeness (QED) is 0.829. The smallest absolute Gasteiger partial charge is 0.252 e. The van der Waals surface area contributed by atoms with E-state index < -0.39 is 5.91 Å². The molecule has 0 saturated heterocycles. The number of carbonyl (C=O) groups excluding carboxylic acids is 1. The van der Waals surface area contributed by atoms with Crippen LogP contribution in [0.1, 0.15) is 10.4 Å². The summed E-state index contributed by atoms with van der Waals surface area (Å²) >= 11 is 0. The molecule has 0 saturated carbocycles. The zero-order valence-electron chi connectivity index (χ0n) is 9.34. The van der Waals surface area contributed by atoms with Gasteiger partial charge in [-0.2, -0.15) is 0 Å². The van der Waals surface area contributed by atoms with Crippen LogP contribution in [0.15, 0.2) is 36.8 Å². The lowest BCUT2D eigenvalue weighted by molar-refractivity contribution is 0.100. The summed E-state index contributed by atoms with van der Waals surface area (Å²) in [5, 5.41) is 2.83. The molecule has 1 amide bonds. The number of nitrogens with two attached hydrogens (primary N) is 1. The van der Waals surface area contributed by atoms with Gasteiger partial charge in [-0.3, -0.25) is 9.78 Å². The van der Waals surface area contributed by atoms with Crippen LogP contribution >= 0.6 is 0 Å². The minimum Gasteiger partial charge on any atom is -0.372 e. The molecule has 2 rings (SSSR count). The Morgan fingerprint density at radius 1 is 1.29 bits per heavy atom. The normalized spacial score (nSPS) is 9.94. The van der Waals surface area contributed by atoms with Crippen molar-refractivity contribution < 1.29 is 4.79 Å². The van der Waals surface area contributed by atoms with Gasteiger partial charge in [0.05, 0.1) is 5.56 Å². The Morgan fingerprint density at radius 3 is 2.59 bits per heavy atom. The molecule has 0 fully saturated rings. The van der Waals surface area contributed by atoms with Gasteiger partial charge in [0.15, 0.2) is 0 Å². The molecule has 0 radical (unpaired) electrons. The summed E-state index contributed by atoms with van der Waals surface area (Å²) in [5.74, 6) is -0.0203. The van der Waals surface area contributed by atoms with Crippen LogP contribution in [0.5, 0.6) is 0 Å². The van der Waals surface area contributed by atoms with Gasteiger partial charge in [0.2, 0.25) is 0 Å². The second kappa shape index (κ2) is 4.61. The Kier molecular flexibility index (Phi) is 3.00. The first kappa shape index (κ1) is 11.1. The van der Waals surface area contributed by atoms with Gasteiger partial charge < -0.3 is 11.1 Å². The van der Waals surface area contributed by atoms with Crippen molar-refractivity contribution >= 4 is 11.7 Å². The lowest BCUT2D eigenvalue weighted by Gasteiger charge is -2.07. The maximum atomic E-state index is 11.3. The van der Waals surface area contributed by atoms with Gasteiger partial charge in [0.1, 0.15) is 5.82 Å². The van der Waals surface area contributed by atoms with Crippen LogP contribution in [-0.2, 0) is 0 Å². The third-order valence-corrected chi connectivity index (χ3v) is 2.40. The highest BCUT2D eigenvalue weighted by molar-refractivity contribution is 5.98. The second-order valence-corrected chi connectivity index (χ2v) is 3.47. The summed E-state index contributed by atoms with van der Waals surface area (Å²) < 4.78 is 0. The van der Waals surface area contributed by atoms with Gasteiger partial charge in [-0.25, -0.2) is 4.98 Å². The minimum atomic E-state index is -0.502. The summed E-state index contributed by atoms with van der Waals surface area (Å²) in [6, 6.07) is 5.41. The highest BCUT2D eigenvalue weighted by atomic mass is 16.1. The van der Waals surface area contributed by atoms with Gasteiger partial charge in [0, 0.05) is 31.2 Å². The zero-order valence-corrected chi connectivity index (χ0v) is 9.34. The molecule has 0 bridgehead atoms. The molecule has 5 heteroatoms. The van der Waals surface area contributed by atoms with Crippen molar-refractivity contribution in [2.75, 3.05) is 12.4 Å². The van der Waals surface area contributed by atoms with E-state index in [2.05, 4.69) is 15.3 Å². The van der Waals surface area contributed by atoms with Crippen molar-refractivity contribution in [3.05, 3.63) is 42.4 Å². The standard InChI is InChI=1S/C12H12N4O/c1-14-12-10(11(13)17)6-9(7-16-12)8-2-4-15-5-3-8/h2-7H,1H3,(H2,13,17)(H,14,16). The molecule has 0 unspecified atom stereocenters. The number of amides is 1. The van der Waals surface area contributed by atoms with E-state index in [0.29, 0.717) is 11.4 Å². The van der Waals surface area contributed by atoms with Crippen LogP contribution in [0.4, 0.5) is 5.82 Å². The van der Waals surface area contributed by atoms with Crippen LogP contribution in [0.2, 0.25) is 0 Å². The first-order valence-electron chi connectivity index (χ1n) is 5.10. The predicted octanol–water partition coefficient (Wildman–Crippen LogP) is 1.28. The van der Waals surface area contributed by atoms with Crippen molar-refractivity contribution in [2.24, 2.45) is 5.73 Å². The number of primary amides is 1. The van der Waals surface area contributed by atoms with Gasteiger partial charge in [-0.05, 0) is 23.8 Å². The molecule has 0 aliphatic carbocycles. The van der Waals surface area contributed by atoms with Gasteiger partial charge in [0.25, 0.3) is 5.91 Å². The van der Waals surface area contributed by atoms with E-state index in [1.807, 2.05) is 12.1 Å². The van der Waals surface area contributed by atoms with Crippen molar-refractivity contribution in [3.8, 4) is 11.1 Å². The second-order valence-electron chi connectivity index (χ2n) is 3.47. The molecule has 17 heavy (non-hydrogen) atoms. The van der Waals surface area contributed by atoms with Crippen molar-refractivity contribution in [2.45, 2.75) is 0 Å². The fraction of sp³-hybridized carbons (Fsp3) is 0.0833. The number of pyridine rings is 2. The first-order chi connectivity index (χ1) is 8.22. The van der Waals surface area contributed by atoms with E-state index in [1.165, 1.54) is 0 Å². The number of anilines is 1. The average Bonchev–Trinajstić information content (AvgIpc) is 2.39. The van der Waals surface area contributed by atoms with Crippen molar-refractivity contribution in [1.29, 1.82) is 0 Å². The molecule has 0 atom stereocenters. The summed E-state index contributed by atoms with van der Waals surface area (Å²) in [6.07, 6.45) is 5.06. The number of carbonyl (C=O) groups is 1. The fourth-order valence-corrected chi connectivity index (χ4v) is 1.55. The third-order valence-electron chi connectivity index (χ3n) is 2.40. The maximum absolute atomic E-state index is 11.3. The molecule has 3 N–H and O–H groups in total. The summed E-state index contributed by atoms with van der Waals surface area (Å²) in [4.78, 5) is 19.4. The number of hydrogen-bond acceptors (Lipinski definition) is 4. The molecule has 86 valence electrons. The molecular formula is C12H12N4O. The molecule has 2 aromatic heterocycles. The predicted molar refractivity (Wildman–Crippen MR) is 65.5 cm³/mol. The Morgan fingerprint density at radius 2 is 2.00 bits per heavy atom. The molecule has 0 aliphatic heterocycles. The van der Waals surface area contributed by atoms with E-state index in [0.717, 1.165) is 11.1 Å². The monoisotopic (exact) mass is 228 g/mol. The summed E-state index contributed by atoms with van der Waals surface area (Å²) in [6.45, 7) is 0. The fourth-order valence-electron chi connectivity index (χ4n) is 1.55. The largest absolute Gasteiger partial charge is 0.372 e. The summed E-state index contributed by atoms with van der Waals surface area (Å²) in [7, 11) is 1.70.